The number of fused-ring (bicyclic) bond motifs is 2. The number of benzene rings is 2. The smallest absolute Gasteiger partial charge is 0.238 e. The molecule has 5 rings (SSSR count). The molecule has 2 aliphatic heterocycles. The van der Waals surface area contributed by atoms with Crippen LogP contribution in [-0.2, 0) is 4.79 Å². The maximum absolute atomic E-state index is 12.4. The van der Waals surface area contributed by atoms with E-state index in [0.29, 0.717) is 18.2 Å². The predicted octanol–water partition coefficient (Wildman–Crippen LogP) is 3.84. The number of amides is 1. The number of anilines is 1. The van der Waals surface area contributed by atoms with Crippen molar-refractivity contribution in [1.82, 2.24) is 9.88 Å². The first kappa shape index (κ1) is 17.5. The normalized spacial score (nSPS) is 17.1. The molecule has 1 fully saturated rings. The number of ether oxygens (including phenoxy) is 2. The first-order chi connectivity index (χ1) is 13.7. The monoisotopic (exact) mass is 395 g/mol. The molecule has 2 aromatic carbocycles. The summed E-state index contributed by atoms with van der Waals surface area (Å²) in [4.78, 5) is 19.4. The Kier molecular flexibility index (Phi) is 4.62. The number of hydrogen-bond donors (Lipinski definition) is 1. The Balaban J connectivity index is 1.15. The molecule has 7 heteroatoms. The van der Waals surface area contributed by atoms with Gasteiger partial charge in [-0.05, 0) is 50.2 Å². The molecule has 1 aromatic heterocycles. The van der Waals surface area contributed by atoms with E-state index in [4.69, 9.17) is 14.5 Å². The van der Waals surface area contributed by atoms with E-state index in [1.165, 1.54) is 9.71 Å². The van der Waals surface area contributed by atoms with Crippen molar-refractivity contribution in [3.8, 4) is 11.5 Å². The van der Waals surface area contributed by atoms with E-state index in [1.807, 2.05) is 18.2 Å². The number of nitrogens with one attached hydrogen (secondary N) is 1. The molecule has 0 bridgehead atoms. The second-order valence-corrected chi connectivity index (χ2v) is 8.25. The van der Waals surface area contributed by atoms with Crippen LogP contribution < -0.4 is 14.8 Å². The molecule has 0 spiro atoms. The molecule has 28 heavy (non-hydrogen) atoms. The van der Waals surface area contributed by atoms with E-state index in [0.717, 1.165) is 42.9 Å². The van der Waals surface area contributed by atoms with Gasteiger partial charge in [-0.1, -0.05) is 12.1 Å². The number of nitrogens with zero attached hydrogens (tertiary/aromatic N) is 2. The number of aromatic nitrogens is 1. The minimum absolute atomic E-state index is 0.00250. The van der Waals surface area contributed by atoms with E-state index in [2.05, 4.69) is 28.4 Å². The molecule has 1 amide bonds. The summed E-state index contributed by atoms with van der Waals surface area (Å²) in [6, 6.07) is 13.8. The average molecular weight is 395 g/mol. The van der Waals surface area contributed by atoms with Crippen molar-refractivity contribution in [2.24, 2.45) is 0 Å². The lowest BCUT2D eigenvalue weighted by Gasteiger charge is -2.30. The lowest BCUT2D eigenvalue weighted by molar-refractivity contribution is -0.117. The zero-order valence-electron chi connectivity index (χ0n) is 15.4. The SMILES string of the molecule is O=C(CN1CCC(c2nc3ccccc3s2)CC1)Nc1ccc2c(c1)OCO2. The van der Waals surface area contributed by atoms with Crippen molar-refractivity contribution in [2.75, 3.05) is 31.7 Å². The minimum atomic E-state index is -0.00250. The van der Waals surface area contributed by atoms with Crippen molar-refractivity contribution in [1.29, 1.82) is 0 Å². The van der Waals surface area contributed by atoms with Gasteiger partial charge in [-0.3, -0.25) is 9.69 Å². The molecule has 6 nitrogen and oxygen atoms in total. The summed E-state index contributed by atoms with van der Waals surface area (Å²) >= 11 is 1.80. The second-order valence-electron chi connectivity index (χ2n) is 7.19. The van der Waals surface area contributed by atoms with Crippen LogP contribution in [0.5, 0.6) is 11.5 Å². The standard InChI is InChI=1S/C21H21N3O3S/c25-20(22-15-5-6-17-18(11-15)27-13-26-17)12-24-9-7-14(8-10-24)21-23-16-3-1-2-4-19(16)28-21/h1-6,11,14H,7-10,12-13H2,(H,22,25). The van der Waals surface area contributed by atoms with Crippen molar-refractivity contribution in [3.05, 3.63) is 47.5 Å². The Morgan fingerprint density at radius 1 is 1.14 bits per heavy atom. The summed E-state index contributed by atoms with van der Waals surface area (Å²) in [5.41, 5.74) is 1.83. The molecule has 0 radical (unpaired) electrons. The summed E-state index contributed by atoms with van der Waals surface area (Å²) in [6.07, 6.45) is 2.08. The Bertz CT molecular complexity index is 978. The average Bonchev–Trinajstić information content (AvgIpc) is 3.34. The highest BCUT2D eigenvalue weighted by atomic mass is 32.1. The number of thiazole rings is 1. The van der Waals surface area contributed by atoms with E-state index >= 15 is 0 Å². The van der Waals surface area contributed by atoms with Gasteiger partial charge in [0.2, 0.25) is 12.7 Å². The lowest BCUT2D eigenvalue weighted by atomic mass is 9.97. The maximum atomic E-state index is 12.4. The van der Waals surface area contributed by atoms with Gasteiger partial charge in [0.25, 0.3) is 0 Å². The van der Waals surface area contributed by atoms with Crippen LogP contribution in [0.15, 0.2) is 42.5 Å². The summed E-state index contributed by atoms with van der Waals surface area (Å²) in [5.74, 6) is 1.88. The Morgan fingerprint density at radius 3 is 2.82 bits per heavy atom. The largest absolute Gasteiger partial charge is 0.454 e. The fourth-order valence-corrected chi connectivity index (χ4v) is 4.92. The van der Waals surface area contributed by atoms with Crippen LogP contribution in [0.3, 0.4) is 0 Å². The molecule has 0 unspecified atom stereocenters. The predicted molar refractivity (Wildman–Crippen MR) is 109 cm³/mol. The first-order valence-corrected chi connectivity index (χ1v) is 10.3. The molecule has 0 atom stereocenters. The zero-order chi connectivity index (χ0) is 18.9. The van der Waals surface area contributed by atoms with Crippen molar-refractivity contribution in [2.45, 2.75) is 18.8 Å². The highest BCUT2D eigenvalue weighted by Crippen LogP contribution is 2.35. The van der Waals surface area contributed by atoms with Gasteiger partial charge < -0.3 is 14.8 Å². The fraction of sp³-hybridized carbons (Fsp3) is 0.333. The van der Waals surface area contributed by atoms with E-state index in [-0.39, 0.29) is 12.7 Å². The maximum Gasteiger partial charge on any atom is 0.238 e. The third-order valence-electron chi connectivity index (χ3n) is 5.27. The number of para-hydroxylation sites is 1. The summed E-state index contributed by atoms with van der Waals surface area (Å²) in [7, 11) is 0. The number of carbonyl (C=O) groups excluding carboxylic acids is 1. The van der Waals surface area contributed by atoms with Crippen LogP contribution in [-0.4, -0.2) is 42.2 Å². The molecule has 1 saturated heterocycles. The van der Waals surface area contributed by atoms with E-state index < -0.39 is 0 Å². The first-order valence-electron chi connectivity index (χ1n) is 9.52. The van der Waals surface area contributed by atoms with Crippen LogP contribution in [0.25, 0.3) is 10.2 Å². The van der Waals surface area contributed by atoms with Gasteiger partial charge >= 0.3 is 0 Å². The Hall–Kier alpha value is -2.64. The molecule has 1 N–H and O–H groups in total. The Morgan fingerprint density at radius 2 is 1.96 bits per heavy atom. The molecule has 0 saturated carbocycles. The molecule has 2 aliphatic rings. The molecular formula is C21H21N3O3S. The molecule has 144 valence electrons. The summed E-state index contributed by atoms with van der Waals surface area (Å²) in [6.45, 7) is 2.46. The van der Waals surface area contributed by atoms with Gasteiger partial charge in [-0.15, -0.1) is 11.3 Å². The summed E-state index contributed by atoms with van der Waals surface area (Å²) < 4.78 is 11.9. The third-order valence-corrected chi connectivity index (χ3v) is 6.47. The molecule has 3 heterocycles. The summed E-state index contributed by atoms with van der Waals surface area (Å²) in [5, 5.41) is 4.18. The topological polar surface area (TPSA) is 63.7 Å². The van der Waals surface area contributed by atoms with Gasteiger partial charge in [0, 0.05) is 17.7 Å². The van der Waals surface area contributed by atoms with E-state index in [1.54, 1.807) is 17.4 Å². The quantitative estimate of drug-likeness (QED) is 0.727. The zero-order valence-corrected chi connectivity index (χ0v) is 16.2. The lowest BCUT2D eigenvalue weighted by Crippen LogP contribution is -2.38. The highest BCUT2D eigenvalue weighted by molar-refractivity contribution is 7.18. The number of rotatable bonds is 4. The number of likely N-dealkylation sites (tertiary alicyclic amines) is 1. The van der Waals surface area contributed by atoms with E-state index in [9.17, 15) is 4.79 Å². The third kappa shape index (κ3) is 3.55. The van der Waals surface area contributed by atoms with Gasteiger partial charge in [0.05, 0.1) is 21.8 Å². The number of piperidine rings is 1. The van der Waals surface area contributed by atoms with Crippen molar-refractivity contribution < 1.29 is 14.3 Å². The van der Waals surface area contributed by atoms with Crippen molar-refractivity contribution >= 4 is 33.1 Å². The van der Waals surface area contributed by atoms with Gasteiger partial charge in [-0.2, -0.15) is 0 Å². The second kappa shape index (κ2) is 7.41. The van der Waals surface area contributed by atoms with Crippen LogP contribution in [0.2, 0.25) is 0 Å². The van der Waals surface area contributed by atoms with Gasteiger partial charge in [0.15, 0.2) is 11.5 Å². The highest BCUT2D eigenvalue weighted by Gasteiger charge is 2.24. The fourth-order valence-electron chi connectivity index (χ4n) is 3.78. The Labute approximate surface area is 167 Å². The molecule has 3 aromatic rings. The van der Waals surface area contributed by atoms with Crippen LogP contribution in [0.4, 0.5) is 5.69 Å². The van der Waals surface area contributed by atoms with Crippen LogP contribution >= 0.6 is 11.3 Å². The van der Waals surface area contributed by atoms with Crippen molar-refractivity contribution in [3.63, 3.8) is 0 Å². The molecule has 0 aliphatic carbocycles. The van der Waals surface area contributed by atoms with Gasteiger partial charge in [-0.25, -0.2) is 4.98 Å². The van der Waals surface area contributed by atoms with Crippen LogP contribution in [0.1, 0.15) is 23.8 Å². The number of carbonyl (C=O) groups is 1. The van der Waals surface area contributed by atoms with Gasteiger partial charge in [0.1, 0.15) is 0 Å². The minimum Gasteiger partial charge on any atom is -0.454 e. The molecular weight excluding hydrogens is 374 g/mol. The van der Waals surface area contributed by atoms with Crippen LogP contribution in [0, 0.1) is 0 Å². The number of hydrogen-bond acceptors (Lipinski definition) is 6.